The van der Waals surface area contributed by atoms with Crippen LogP contribution in [-0.4, -0.2) is 33.0 Å². The first-order valence-electron chi connectivity index (χ1n) is 12.5. The van der Waals surface area contributed by atoms with Gasteiger partial charge in [-0.05, 0) is 87.5 Å². The highest BCUT2D eigenvalue weighted by molar-refractivity contribution is 5.77. The summed E-state index contributed by atoms with van der Waals surface area (Å²) in [4.78, 5) is 16.8. The summed E-state index contributed by atoms with van der Waals surface area (Å²) >= 11 is 0. The Bertz CT molecular complexity index is 1440. The van der Waals surface area contributed by atoms with Crippen molar-refractivity contribution in [3.8, 4) is 23.1 Å². The molecule has 7 rings (SSSR count). The van der Waals surface area contributed by atoms with Crippen LogP contribution < -0.4 is 10.6 Å². The van der Waals surface area contributed by atoms with Crippen LogP contribution >= 0.6 is 0 Å². The van der Waals surface area contributed by atoms with Crippen molar-refractivity contribution >= 4 is 11.0 Å². The van der Waals surface area contributed by atoms with Gasteiger partial charge in [0.1, 0.15) is 11.6 Å². The van der Waals surface area contributed by atoms with Crippen LogP contribution in [0.15, 0.2) is 36.4 Å². The van der Waals surface area contributed by atoms with E-state index >= 15 is 0 Å². The zero-order valence-corrected chi connectivity index (χ0v) is 19.2. The van der Waals surface area contributed by atoms with E-state index in [1.165, 1.54) is 29.7 Å². The van der Waals surface area contributed by atoms with Crippen LogP contribution in [0.1, 0.15) is 71.8 Å². The first-order chi connectivity index (χ1) is 16.8. The SMILES string of the molecule is C(#Cc1ccc2nc(C3CCCN3)[nH]c2c1)c1ccc2c(c1)CCc1[nH]c(C3CCCN3)nc1-2. The molecule has 0 spiro atoms. The largest absolute Gasteiger partial charge is 0.344 e. The minimum atomic E-state index is 0.345. The summed E-state index contributed by atoms with van der Waals surface area (Å²) in [6.07, 6.45) is 6.77. The minimum absolute atomic E-state index is 0.345. The molecule has 2 unspecified atom stereocenters. The number of H-pyrrole nitrogens is 2. The van der Waals surface area contributed by atoms with E-state index in [9.17, 15) is 0 Å². The first kappa shape index (κ1) is 20.0. The lowest BCUT2D eigenvalue weighted by atomic mass is 9.91. The Hall–Kier alpha value is -3.40. The fourth-order valence-corrected chi connectivity index (χ4v) is 5.62. The number of nitrogens with one attached hydrogen (secondary N) is 4. The third-order valence-electron chi connectivity index (χ3n) is 7.43. The topological polar surface area (TPSA) is 81.4 Å². The summed E-state index contributed by atoms with van der Waals surface area (Å²) in [5.41, 5.74) is 9.11. The lowest BCUT2D eigenvalue weighted by molar-refractivity contribution is 0.611. The molecule has 4 N–H and O–H groups in total. The Kier molecular flexibility index (Phi) is 4.78. The van der Waals surface area contributed by atoms with Gasteiger partial charge in [0.25, 0.3) is 0 Å². The second-order valence-corrected chi connectivity index (χ2v) is 9.72. The number of imidazole rings is 2. The Morgan fingerprint density at radius 2 is 1.50 bits per heavy atom. The van der Waals surface area contributed by atoms with Gasteiger partial charge in [-0.15, -0.1) is 0 Å². The molecule has 0 bridgehead atoms. The van der Waals surface area contributed by atoms with Crippen LogP contribution in [0.25, 0.3) is 22.3 Å². The molecule has 2 fully saturated rings. The number of benzene rings is 2. The number of rotatable bonds is 2. The Labute approximate surface area is 199 Å². The molecule has 2 aromatic heterocycles. The highest BCUT2D eigenvalue weighted by Gasteiger charge is 2.25. The van der Waals surface area contributed by atoms with Crippen LogP contribution in [-0.2, 0) is 12.8 Å². The molecule has 4 aromatic rings. The van der Waals surface area contributed by atoms with Gasteiger partial charge in [-0.1, -0.05) is 17.9 Å². The molecule has 2 aromatic carbocycles. The lowest BCUT2D eigenvalue weighted by Crippen LogP contribution is -2.14. The fourth-order valence-electron chi connectivity index (χ4n) is 5.62. The molecular formula is C28H28N6. The van der Waals surface area contributed by atoms with Gasteiger partial charge in [-0.2, -0.15) is 0 Å². The number of aromatic nitrogens is 4. The van der Waals surface area contributed by atoms with Crippen LogP contribution in [0.5, 0.6) is 0 Å². The van der Waals surface area contributed by atoms with Crippen molar-refractivity contribution in [2.24, 2.45) is 0 Å². The molecule has 0 radical (unpaired) electrons. The van der Waals surface area contributed by atoms with Crippen LogP contribution in [0.4, 0.5) is 0 Å². The highest BCUT2D eigenvalue weighted by atomic mass is 15.1. The third kappa shape index (κ3) is 3.53. The predicted octanol–water partition coefficient (Wildman–Crippen LogP) is 4.30. The molecule has 1 aliphatic carbocycles. The Morgan fingerprint density at radius 3 is 2.26 bits per heavy atom. The number of aryl methyl sites for hydroxylation is 2. The van der Waals surface area contributed by atoms with E-state index in [4.69, 9.17) is 9.97 Å². The smallest absolute Gasteiger partial charge is 0.124 e. The summed E-state index contributed by atoms with van der Waals surface area (Å²) < 4.78 is 0. The van der Waals surface area contributed by atoms with Crippen molar-refractivity contribution in [2.45, 2.75) is 50.6 Å². The number of hydrogen-bond acceptors (Lipinski definition) is 4. The van der Waals surface area contributed by atoms with Gasteiger partial charge in [0, 0.05) is 22.4 Å². The second-order valence-electron chi connectivity index (χ2n) is 9.72. The molecule has 34 heavy (non-hydrogen) atoms. The van der Waals surface area contributed by atoms with Gasteiger partial charge >= 0.3 is 0 Å². The van der Waals surface area contributed by atoms with Crippen molar-refractivity contribution in [1.29, 1.82) is 0 Å². The molecule has 4 heterocycles. The van der Waals surface area contributed by atoms with Gasteiger partial charge in [0.05, 0.1) is 28.8 Å². The summed E-state index contributed by atoms with van der Waals surface area (Å²) in [7, 11) is 0. The lowest BCUT2D eigenvalue weighted by Gasteiger charge is -2.15. The maximum atomic E-state index is 4.99. The van der Waals surface area contributed by atoms with Crippen LogP contribution in [0.2, 0.25) is 0 Å². The van der Waals surface area contributed by atoms with E-state index in [1.54, 1.807) is 0 Å². The van der Waals surface area contributed by atoms with Gasteiger partial charge in [0.15, 0.2) is 0 Å². The molecule has 170 valence electrons. The maximum Gasteiger partial charge on any atom is 0.124 e. The number of fused-ring (bicyclic) bond motifs is 4. The quantitative estimate of drug-likeness (QED) is 0.345. The summed E-state index contributed by atoms with van der Waals surface area (Å²) in [6, 6.07) is 13.5. The van der Waals surface area contributed by atoms with Crippen molar-refractivity contribution < 1.29 is 0 Å². The first-order valence-corrected chi connectivity index (χ1v) is 12.5. The van der Waals surface area contributed by atoms with Crippen LogP contribution in [0.3, 0.4) is 0 Å². The van der Waals surface area contributed by atoms with Gasteiger partial charge in [-0.3, -0.25) is 0 Å². The number of nitrogens with zero attached hydrogens (tertiary/aromatic N) is 2. The zero-order chi connectivity index (χ0) is 22.5. The Morgan fingerprint density at radius 1 is 0.765 bits per heavy atom. The Balaban J connectivity index is 1.15. The van der Waals surface area contributed by atoms with Crippen molar-refractivity contribution in [1.82, 2.24) is 30.6 Å². The standard InChI is InChI=1S/C28H28N6/c1-3-23(29-13-1)27-31-21-11-8-18(16-25(21)33-27)6-5-17-7-10-20-19(15-17)9-12-22-26(20)34-28(32-22)24-4-2-14-30-24/h7-8,10-11,15-16,23-24,29-30H,1-4,9,12-14H2,(H,31,33)(H,32,34). The molecule has 0 amide bonds. The molecule has 3 aliphatic rings. The summed E-state index contributed by atoms with van der Waals surface area (Å²) in [6.45, 7) is 2.15. The van der Waals surface area contributed by atoms with E-state index in [2.05, 4.69) is 68.8 Å². The van der Waals surface area contributed by atoms with E-state index in [1.807, 2.05) is 0 Å². The van der Waals surface area contributed by atoms with Gasteiger partial charge < -0.3 is 20.6 Å². The van der Waals surface area contributed by atoms with E-state index in [0.29, 0.717) is 12.1 Å². The van der Waals surface area contributed by atoms with E-state index in [-0.39, 0.29) is 0 Å². The minimum Gasteiger partial charge on any atom is -0.344 e. The molecule has 2 aliphatic heterocycles. The summed E-state index contributed by atoms with van der Waals surface area (Å²) in [5, 5.41) is 7.06. The van der Waals surface area contributed by atoms with Gasteiger partial charge in [-0.25, -0.2) is 9.97 Å². The average Bonchev–Trinajstić information content (AvgIpc) is 3.67. The second kappa shape index (κ2) is 8.12. The normalized spacial score (nSPS) is 21.3. The van der Waals surface area contributed by atoms with Crippen molar-refractivity contribution in [3.63, 3.8) is 0 Å². The van der Waals surface area contributed by atoms with Gasteiger partial charge in [0.2, 0.25) is 0 Å². The molecule has 2 atom stereocenters. The molecule has 6 nitrogen and oxygen atoms in total. The molecule has 2 saturated heterocycles. The maximum absolute atomic E-state index is 4.99. The number of hydrogen-bond donors (Lipinski definition) is 4. The monoisotopic (exact) mass is 448 g/mol. The van der Waals surface area contributed by atoms with Crippen molar-refractivity contribution in [2.75, 3.05) is 13.1 Å². The fraction of sp³-hybridized carbons (Fsp3) is 0.357. The zero-order valence-electron chi connectivity index (χ0n) is 19.2. The predicted molar refractivity (Wildman–Crippen MR) is 133 cm³/mol. The van der Waals surface area contributed by atoms with E-state index in [0.717, 1.165) is 78.3 Å². The third-order valence-corrected chi connectivity index (χ3v) is 7.43. The molecule has 6 heteroatoms. The van der Waals surface area contributed by atoms with E-state index < -0.39 is 0 Å². The van der Waals surface area contributed by atoms with Crippen LogP contribution in [0, 0.1) is 11.8 Å². The highest BCUT2D eigenvalue weighted by Crippen LogP contribution is 2.34. The average molecular weight is 449 g/mol. The number of aromatic amines is 2. The molecule has 0 saturated carbocycles. The van der Waals surface area contributed by atoms with Crippen molar-refractivity contribution in [3.05, 3.63) is 70.4 Å². The molecular weight excluding hydrogens is 420 g/mol. The summed E-state index contributed by atoms with van der Waals surface area (Å²) in [5.74, 6) is 8.87.